The zero-order valence-electron chi connectivity index (χ0n) is 11.5. The highest BCUT2D eigenvalue weighted by atomic mass is 32.2. The van der Waals surface area contributed by atoms with Gasteiger partial charge in [0.15, 0.2) is 0 Å². The van der Waals surface area contributed by atoms with Gasteiger partial charge in [0.2, 0.25) is 0 Å². The van der Waals surface area contributed by atoms with E-state index >= 15 is 0 Å². The minimum absolute atomic E-state index is 0.0597. The normalized spacial score (nSPS) is 15.1. The molecule has 0 atom stereocenters. The lowest BCUT2D eigenvalue weighted by Crippen LogP contribution is -2.17. The second-order valence-corrected chi connectivity index (χ2v) is 8.28. The summed E-state index contributed by atoms with van der Waals surface area (Å²) in [5, 5.41) is 6.51. The molecule has 1 aliphatic rings. The van der Waals surface area contributed by atoms with Gasteiger partial charge in [0.25, 0.3) is 5.91 Å². The molecule has 6 nitrogen and oxygen atoms in total. The van der Waals surface area contributed by atoms with Crippen molar-refractivity contribution in [3.8, 4) is 0 Å². The van der Waals surface area contributed by atoms with Gasteiger partial charge in [-0.15, -0.1) is 11.3 Å². The first kappa shape index (κ1) is 15.1. The summed E-state index contributed by atoms with van der Waals surface area (Å²) >= 11 is 1.29. The van der Waals surface area contributed by atoms with E-state index in [1.807, 2.05) is 0 Å². The molecule has 1 saturated carbocycles. The van der Waals surface area contributed by atoms with Gasteiger partial charge >= 0.3 is 0 Å². The van der Waals surface area contributed by atoms with Crippen LogP contribution >= 0.6 is 11.3 Å². The lowest BCUT2D eigenvalue weighted by Gasteiger charge is -2.06. The van der Waals surface area contributed by atoms with Crippen LogP contribution in [0.2, 0.25) is 0 Å². The third-order valence-corrected chi connectivity index (χ3v) is 5.28. The lowest BCUT2D eigenvalue weighted by atomic mass is 10.1. The first-order valence-electron chi connectivity index (χ1n) is 6.39. The van der Waals surface area contributed by atoms with Crippen LogP contribution in [0.5, 0.6) is 0 Å². The first-order chi connectivity index (χ1) is 9.33. The minimum Gasteiger partial charge on any atom is -0.397 e. The predicted molar refractivity (Wildman–Crippen MR) is 82.3 cm³/mol. The van der Waals surface area contributed by atoms with Crippen LogP contribution in [0.1, 0.15) is 34.0 Å². The Bertz CT molecular complexity index is 618. The minimum atomic E-state index is -3.00. The van der Waals surface area contributed by atoms with Crippen molar-refractivity contribution < 1.29 is 13.2 Å². The average molecular weight is 317 g/mol. The van der Waals surface area contributed by atoms with Crippen LogP contribution < -0.4 is 16.4 Å². The number of sulfone groups is 1. The molecule has 1 aliphatic carbocycles. The van der Waals surface area contributed by atoms with Crippen LogP contribution in [0.25, 0.3) is 0 Å². The quantitative estimate of drug-likeness (QED) is 0.727. The number of nitrogen functional groups attached to an aromatic ring is 1. The molecular formula is C12H19N3O3S2. The first-order valence-corrected chi connectivity index (χ1v) is 9.27. The number of anilines is 2. The van der Waals surface area contributed by atoms with Gasteiger partial charge < -0.3 is 16.4 Å². The summed E-state index contributed by atoms with van der Waals surface area (Å²) in [6, 6.07) is 0. The molecule has 0 radical (unpaired) electrons. The van der Waals surface area contributed by atoms with E-state index in [0.29, 0.717) is 23.0 Å². The maximum Gasteiger partial charge on any atom is 0.263 e. The summed E-state index contributed by atoms with van der Waals surface area (Å²) in [6.45, 7) is 0.325. The molecule has 112 valence electrons. The van der Waals surface area contributed by atoms with Crippen LogP contribution in [0.15, 0.2) is 0 Å². The molecule has 2 rings (SSSR count). The van der Waals surface area contributed by atoms with Gasteiger partial charge in [0, 0.05) is 25.4 Å². The largest absolute Gasteiger partial charge is 0.397 e. The summed E-state index contributed by atoms with van der Waals surface area (Å²) in [5.41, 5.74) is 7.57. The Hall–Kier alpha value is -1.28. The van der Waals surface area contributed by atoms with Crippen LogP contribution in [0.4, 0.5) is 10.7 Å². The van der Waals surface area contributed by atoms with E-state index in [1.54, 1.807) is 7.05 Å². The number of carbonyl (C=O) groups excluding carboxylic acids is 1. The third-order valence-electron chi connectivity index (χ3n) is 3.16. The van der Waals surface area contributed by atoms with Gasteiger partial charge in [-0.25, -0.2) is 8.42 Å². The van der Waals surface area contributed by atoms with E-state index in [-0.39, 0.29) is 11.7 Å². The average Bonchev–Trinajstić information content (AvgIpc) is 3.12. The van der Waals surface area contributed by atoms with Crippen LogP contribution in [0, 0.1) is 0 Å². The molecule has 0 spiro atoms. The van der Waals surface area contributed by atoms with Crippen LogP contribution in [-0.4, -0.2) is 39.9 Å². The highest BCUT2D eigenvalue weighted by molar-refractivity contribution is 7.90. The molecule has 0 unspecified atom stereocenters. The van der Waals surface area contributed by atoms with Crippen molar-refractivity contribution in [3.63, 3.8) is 0 Å². The lowest BCUT2D eigenvalue weighted by molar-refractivity contribution is 0.0968. The van der Waals surface area contributed by atoms with Crippen molar-refractivity contribution in [2.24, 2.45) is 0 Å². The molecular weight excluding hydrogens is 298 g/mol. The van der Waals surface area contributed by atoms with E-state index in [9.17, 15) is 13.2 Å². The Morgan fingerprint density at radius 1 is 1.45 bits per heavy atom. The fourth-order valence-electron chi connectivity index (χ4n) is 2.00. The van der Waals surface area contributed by atoms with Crippen molar-refractivity contribution >= 4 is 37.8 Å². The molecule has 1 aromatic rings. The number of hydrogen-bond donors (Lipinski definition) is 3. The fourth-order valence-corrected chi connectivity index (χ4v) is 3.65. The summed E-state index contributed by atoms with van der Waals surface area (Å²) in [7, 11) is -1.44. The molecule has 8 heteroatoms. The molecule has 1 heterocycles. The molecule has 20 heavy (non-hydrogen) atoms. The molecule has 1 fully saturated rings. The summed E-state index contributed by atoms with van der Waals surface area (Å²) in [6.07, 6.45) is 3.33. The van der Waals surface area contributed by atoms with Crippen LogP contribution in [0.3, 0.4) is 0 Å². The molecule has 0 aromatic carbocycles. The topological polar surface area (TPSA) is 101 Å². The van der Waals surface area contributed by atoms with Gasteiger partial charge in [0.05, 0.1) is 16.4 Å². The van der Waals surface area contributed by atoms with Crippen molar-refractivity contribution in [1.29, 1.82) is 0 Å². The zero-order valence-corrected chi connectivity index (χ0v) is 13.2. The number of amides is 1. The number of nitrogens with one attached hydrogen (secondary N) is 2. The van der Waals surface area contributed by atoms with Gasteiger partial charge in [-0.1, -0.05) is 0 Å². The van der Waals surface area contributed by atoms with E-state index in [1.165, 1.54) is 17.6 Å². The molecule has 1 aromatic heterocycles. The Balaban J connectivity index is 2.20. The smallest absolute Gasteiger partial charge is 0.263 e. The molecule has 0 saturated heterocycles. The van der Waals surface area contributed by atoms with Crippen LogP contribution in [-0.2, 0) is 9.84 Å². The van der Waals surface area contributed by atoms with E-state index in [2.05, 4.69) is 10.6 Å². The Kier molecular flexibility index (Phi) is 4.24. The number of rotatable bonds is 6. The standard InChI is InChI=1S/C12H19N3O3S2/c1-14-11(16)10-9(13)8(7-3-4-7)12(19-10)15-5-6-20(2,17)18/h7,15H,3-6,13H2,1-2H3,(H,14,16). The van der Waals surface area contributed by atoms with Gasteiger partial charge in [0.1, 0.15) is 14.7 Å². The molecule has 0 bridgehead atoms. The number of carbonyl (C=O) groups is 1. The van der Waals surface area contributed by atoms with Crippen molar-refractivity contribution in [1.82, 2.24) is 5.32 Å². The fraction of sp³-hybridized carbons (Fsp3) is 0.583. The number of thiophene rings is 1. The SMILES string of the molecule is CNC(=O)c1sc(NCCS(C)(=O)=O)c(C2CC2)c1N. The predicted octanol–water partition coefficient (Wildman–Crippen LogP) is 1.02. The number of nitrogens with two attached hydrogens (primary N) is 1. The second-order valence-electron chi connectivity index (χ2n) is 5.00. The molecule has 1 amide bonds. The highest BCUT2D eigenvalue weighted by Gasteiger charge is 2.32. The van der Waals surface area contributed by atoms with E-state index in [4.69, 9.17) is 5.73 Å². The maximum atomic E-state index is 11.8. The molecule has 0 aliphatic heterocycles. The second kappa shape index (κ2) is 5.61. The van der Waals surface area contributed by atoms with Crippen molar-refractivity contribution in [2.75, 3.05) is 36.7 Å². The Labute approximate surface area is 122 Å². The Morgan fingerprint density at radius 3 is 2.60 bits per heavy atom. The third kappa shape index (κ3) is 3.43. The number of hydrogen-bond acceptors (Lipinski definition) is 6. The van der Waals surface area contributed by atoms with Crippen molar-refractivity contribution in [3.05, 3.63) is 10.4 Å². The summed E-state index contributed by atoms with van der Waals surface area (Å²) in [5.74, 6) is 0.250. The Morgan fingerprint density at radius 2 is 2.10 bits per heavy atom. The summed E-state index contributed by atoms with van der Waals surface area (Å²) < 4.78 is 22.3. The zero-order chi connectivity index (χ0) is 14.9. The van der Waals surface area contributed by atoms with Gasteiger partial charge in [-0.05, 0) is 18.8 Å². The van der Waals surface area contributed by atoms with Crippen molar-refractivity contribution in [2.45, 2.75) is 18.8 Å². The summed E-state index contributed by atoms with van der Waals surface area (Å²) in [4.78, 5) is 12.3. The van der Waals surface area contributed by atoms with E-state index < -0.39 is 9.84 Å². The van der Waals surface area contributed by atoms with E-state index in [0.717, 1.165) is 23.4 Å². The van der Waals surface area contributed by atoms with Gasteiger partial charge in [-0.2, -0.15) is 0 Å². The molecule has 4 N–H and O–H groups in total. The van der Waals surface area contributed by atoms with Gasteiger partial charge in [-0.3, -0.25) is 4.79 Å². The monoisotopic (exact) mass is 317 g/mol. The maximum absolute atomic E-state index is 11.8. The highest BCUT2D eigenvalue weighted by Crippen LogP contribution is 2.50.